The third-order valence-electron chi connectivity index (χ3n) is 1.52. The van der Waals surface area contributed by atoms with Crippen LogP contribution in [-0.4, -0.2) is 17.3 Å². The number of benzene rings is 1. The minimum atomic E-state index is -1.17. The standard InChI is InChI=1S/C8H8FNO2S/c1-13-7-5(8(11)12)2-4(9)3-6(7)10/h2-3H,10H2,1H3,(H,11,12). The van der Waals surface area contributed by atoms with E-state index in [1.54, 1.807) is 6.26 Å². The van der Waals surface area contributed by atoms with Crippen LogP contribution in [0.5, 0.6) is 0 Å². The number of aromatic carboxylic acids is 1. The first-order valence-electron chi connectivity index (χ1n) is 3.42. The first-order chi connectivity index (χ1) is 6.06. The summed E-state index contributed by atoms with van der Waals surface area (Å²) in [6, 6.07) is 2.07. The number of carboxylic acid groups (broad SMARTS) is 1. The van der Waals surface area contributed by atoms with E-state index < -0.39 is 11.8 Å². The van der Waals surface area contributed by atoms with E-state index in [0.29, 0.717) is 4.90 Å². The van der Waals surface area contributed by atoms with Crippen LogP contribution in [0.15, 0.2) is 17.0 Å². The van der Waals surface area contributed by atoms with E-state index in [0.717, 1.165) is 12.1 Å². The fourth-order valence-corrected chi connectivity index (χ4v) is 1.66. The van der Waals surface area contributed by atoms with Crippen LogP contribution in [0.4, 0.5) is 10.1 Å². The van der Waals surface area contributed by atoms with Gasteiger partial charge in [0.2, 0.25) is 0 Å². The number of anilines is 1. The van der Waals surface area contributed by atoms with Crippen LogP contribution < -0.4 is 5.73 Å². The number of carbonyl (C=O) groups is 1. The zero-order chi connectivity index (χ0) is 10.0. The van der Waals surface area contributed by atoms with Gasteiger partial charge in [-0.2, -0.15) is 0 Å². The number of nitrogen functional groups attached to an aromatic ring is 1. The Morgan fingerprint density at radius 3 is 2.69 bits per heavy atom. The average Bonchev–Trinajstić information content (AvgIpc) is 2.02. The van der Waals surface area contributed by atoms with Crippen molar-refractivity contribution in [1.29, 1.82) is 0 Å². The van der Waals surface area contributed by atoms with Crippen molar-refractivity contribution in [2.45, 2.75) is 4.90 Å². The van der Waals surface area contributed by atoms with Crippen LogP contribution in [-0.2, 0) is 0 Å². The molecule has 3 nitrogen and oxygen atoms in total. The van der Waals surface area contributed by atoms with Crippen molar-refractivity contribution in [3.8, 4) is 0 Å². The summed E-state index contributed by atoms with van der Waals surface area (Å²) in [6.45, 7) is 0. The molecule has 0 aliphatic rings. The summed E-state index contributed by atoms with van der Waals surface area (Å²) >= 11 is 1.19. The first kappa shape index (κ1) is 9.85. The molecule has 5 heteroatoms. The summed E-state index contributed by atoms with van der Waals surface area (Å²) in [6.07, 6.45) is 1.69. The molecule has 0 atom stereocenters. The second kappa shape index (κ2) is 3.66. The molecule has 0 unspecified atom stereocenters. The SMILES string of the molecule is CSc1c(N)cc(F)cc1C(=O)O. The third-order valence-corrected chi connectivity index (χ3v) is 2.38. The summed E-state index contributed by atoms with van der Waals surface area (Å²) in [5, 5.41) is 8.71. The van der Waals surface area contributed by atoms with E-state index in [4.69, 9.17) is 10.8 Å². The lowest BCUT2D eigenvalue weighted by molar-refractivity contribution is 0.0692. The smallest absolute Gasteiger partial charge is 0.337 e. The quantitative estimate of drug-likeness (QED) is 0.566. The number of nitrogens with two attached hydrogens (primary N) is 1. The van der Waals surface area contributed by atoms with Crippen LogP contribution in [0.25, 0.3) is 0 Å². The van der Waals surface area contributed by atoms with Gasteiger partial charge in [-0.15, -0.1) is 11.8 Å². The Kier molecular flexibility index (Phi) is 2.77. The summed E-state index contributed by atoms with van der Waals surface area (Å²) < 4.78 is 12.8. The van der Waals surface area contributed by atoms with Crippen LogP contribution in [0.1, 0.15) is 10.4 Å². The van der Waals surface area contributed by atoms with Crippen molar-refractivity contribution >= 4 is 23.4 Å². The Hall–Kier alpha value is -1.23. The van der Waals surface area contributed by atoms with Gasteiger partial charge < -0.3 is 10.8 Å². The van der Waals surface area contributed by atoms with E-state index in [1.165, 1.54) is 11.8 Å². The molecular formula is C8H8FNO2S. The highest BCUT2D eigenvalue weighted by Gasteiger charge is 2.13. The Bertz CT molecular complexity index is 354. The molecule has 1 aromatic rings. The number of carboxylic acids is 1. The lowest BCUT2D eigenvalue weighted by Crippen LogP contribution is -2.03. The Morgan fingerprint density at radius 2 is 2.23 bits per heavy atom. The largest absolute Gasteiger partial charge is 0.478 e. The molecule has 0 bridgehead atoms. The molecule has 0 saturated heterocycles. The van der Waals surface area contributed by atoms with Crippen molar-refractivity contribution in [1.82, 2.24) is 0 Å². The molecule has 0 heterocycles. The highest BCUT2D eigenvalue weighted by molar-refractivity contribution is 7.98. The molecular weight excluding hydrogens is 193 g/mol. The number of rotatable bonds is 2. The fraction of sp³-hybridized carbons (Fsp3) is 0.125. The number of hydrogen-bond acceptors (Lipinski definition) is 3. The minimum absolute atomic E-state index is 0.0926. The summed E-state index contributed by atoms with van der Waals surface area (Å²) in [4.78, 5) is 11.0. The Morgan fingerprint density at radius 1 is 1.62 bits per heavy atom. The van der Waals surface area contributed by atoms with Gasteiger partial charge in [-0.05, 0) is 18.4 Å². The third kappa shape index (κ3) is 1.92. The van der Waals surface area contributed by atoms with E-state index in [9.17, 15) is 9.18 Å². The molecule has 70 valence electrons. The maximum absolute atomic E-state index is 12.8. The zero-order valence-electron chi connectivity index (χ0n) is 6.87. The highest BCUT2D eigenvalue weighted by atomic mass is 32.2. The fourth-order valence-electron chi connectivity index (χ4n) is 1.00. The normalized spacial score (nSPS) is 10.0. The molecule has 0 radical (unpaired) electrons. The van der Waals surface area contributed by atoms with Gasteiger partial charge in [-0.25, -0.2) is 9.18 Å². The van der Waals surface area contributed by atoms with Crippen LogP contribution in [0.3, 0.4) is 0 Å². The van der Waals surface area contributed by atoms with E-state index in [1.807, 2.05) is 0 Å². The van der Waals surface area contributed by atoms with Gasteiger partial charge in [0.15, 0.2) is 0 Å². The second-order valence-electron chi connectivity index (χ2n) is 2.38. The molecule has 0 fully saturated rings. The van der Waals surface area contributed by atoms with E-state index in [2.05, 4.69) is 0 Å². The molecule has 0 saturated carbocycles. The predicted octanol–water partition coefficient (Wildman–Crippen LogP) is 1.83. The maximum Gasteiger partial charge on any atom is 0.337 e. The molecule has 1 rings (SSSR count). The average molecular weight is 201 g/mol. The van der Waals surface area contributed by atoms with Gasteiger partial charge >= 0.3 is 5.97 Å². The zero-order valence-corrected chi connectivity index (χ0v) is 7.69. The molecule has 0 aromatic heterocycles. The van der Waals surface area contributed by atoms with Crippen LogP contribution in [0.2, 0.25) is 0 Å². The predicted molar refractivity (Wildman–Crippen MR) is 49.6 cm³/mol. The summed E-state index contributed by atoms with van der Waals surface area (Å²) in [5.41, 5.74) is 5.51. The second-order valence-corrected chi connectivity index (χ2v) is 3.20. The van der Waals surface area contributed by atoms with Gasteiger partial charge in [0.25, 0.3) is 0 Å². The number of halogens is 1. The highest BCUT2D eigenvalue weighted by Crippen LogP contribution is 2.28. The van der Waals surface area contributed by atoms with Crippen molar-refractivity contribution in [3.63, 3.8) is 0 Å². The van der Waals surface area contributed by atoms with Gasteiger partial charge in [-0.1, -0.05) is 0 Å². The molecule has 0 spiro atoms. The summed E-state index contributed by atoms with van der Waals surface area (Å²) in [5.74, 6) is -1.80. The number of thioether (sulfide) groups is 1. The van der Waals surface area contributed by atoms with Crippen LogP contribution in [0, 0.1) is 5.82 Å². The van der Waals surface area contributed by atoms with Crippen molar-refractivity contribution in [2.24, 2.45) is 0 Å². The minimum Gasteiger partial charge on any atom is -0.478 e. The van der Waals surface area contributed by atoms with Crippen molar-refractivity contribution < 1.29 is 14.3 Å². The Labute approximate surface area is 78.7 Å². The lowest BCUT2D eigenvalue weighted by atomic mass is 10.2. The summed E-state index contributed by atoms with van der Waals surface area (Å²) in [7, 11) is 0. The molecule has 13 heavy (non-hydrogen) atoms. The molecule has 0 aliphatic carbocycles. The Balaban J connectivity index is 3.38. The number of hydrogen-bond donors (Lipinski definition) is 2. The van der Waals surface area contributed by atoms with Gasteiger partial charge in [0.1, 0.15) is 5.82 Å². The molecule has 1 aromatic carbocycles. The molecule has 0 aliphatic heterocycles. The van der Waals surface area contributed by atoms with Crippen molar-refractivity contribution in [2.75, 3.05) is 12.0 Å². The lowest BCUT2D eigenvalue weighted by Gasteiger charge is -2.06. The topological polar surface area (TPSA) is 63.3 Å². The maximum atomic E-state index is 12.8. The van der Waals surface area contributed by atoms with E-state index >= 15 is 0 Å². The van der Waals surface area contributed by atoms with Crippen molar-refractivity contribution in [3.05, 3.63) is 23.5 Å². The van der Waals surface area contributed by atoms with Crippen LogP contribution >= 0.6 is 11.8 Å². The van der Waals surface area contributed by atoms with E-state index in [-0.39, 0.29) is 11.3 Å². The monoisotopic (exact) mass is 201 g/mol. The first-order valence-corrected chi connectivity index (χ1v) is 4.65. The van der Waals surface area contributed by atoms with Gasteiger partial charge in [0.05, 0.1) is 5.56 Å². The van der Waals surface area contributed by atoms with Gasteiger partial charge in [0, 0.05) is 10.6 Å². The molecule has 3 N–H and O–H groups in total. The molecule has 0 amide bonds. The van der Waals surface area contributed by atoms with Gasteiger partial charge in [-0.3, -0.25) is 0 Å².